The number of likely N-dealkylation sites (N-methyl/N-ethyl adjacent to an activating group) is 2. The number of carbonyl (C=O) groups is 1. The van der Waals surface area contributed by atoms with Crippen molar-refractivity contribution in [2.45, 2.75) is 20.0 Å². The van der Waals surface area contributed by atoms with Crippen LogP contribution >= 0.6 is 11.6 Å². The number of benzene rings is 2. The van der Waals surface area contributed by atoms with Gasteiger partial charge in [-0.2, -0.15) is 18.3 Å². The summed E-state index contributed by atoms with van der Waals surface area (Å²) in [5.74, 6) is -0.581. The molecule has 4 rings (SSSR count). The molecule has 0 unspecified atom stereocenters. The molecule has 0 bridgehead atoms. The van der Waals surface area contributed by atoms with Crippen LogP contribution in [0.2, 0.25) is 5.02 Å². The van der Waals surface area contributed by atoms with Crippen molar-refractivity contribution in [3.8, 4) is 16.9 Å². The van der Waals surface area contributed by atoms with Gasteiger partial charge in [-0.05, 0) is 57.8 Å². The van der Waals surface area contributed by atoms with Gasteiger partial charge in [0.15, 0.2) is 0 Å². The van der Waals surface area contributed by atoms with Gasteiger partial charge in [-0.1, -0.05) is 22.9 Å². The molecule has 1 amide bonds. The fourth-order valence-electron chi connectivity index (χ4n) is 4.09. The van der Waals surface area contributed by atoms with E-state index in [1.165, 1.54) is 6.07 Å². The van der Waals surface area contributed by atoms with Gasteiger partial charge in [0.1, 0.15) is 5.69 Å². The summed E-state index contributed by atoms with van der Waals surface area (Å²) in [6, 6.07) is 7.25. The molecule has 4 aromatic rings. The third-order valence-electron chi connectivity index (χ3n) is 6.63. The minimum absolute atomic E-state index is 0.0225. The Balaban J connectivity index is 1.64. The van der Waals surface area contributed by atoms with E-state index in [2.05, 4.69) is 20.7 Å². The fourth-order valence-corrected chi connectivity index (χ4v) is 4.45. The van der Waals surface area contributed by atoms with Gasteiger partial charge in [-0.25, -0.2) is 4.68 Å². The lowest BCUT2D eigenvalue weighted by Crippen LogP contribution is -2.29. The van der Waals surface area contributed by atoms with E-state index in [0.717, 1.165) is 22.9 Å². The summed E-state index contributed by atoms with van der Waals surface area (Å²) in [5, 5.41) is 14.9. The van der Waals surface area contributed by atoms with Gasteiger partial charge in [0, 0.05) is 49.7 Å². The van der Waals surface area contributed by atoms with Gasteiger partial charge in [0.2, 0.25) is 0 Å². The average molecular weight is 575 g/mol. The van der Waals surface area contributed by atoms with Crippen molar-refractivity contribution in [2.24, 2.45) is 7.05 Å². The van der Waals surface area contributed by atoms with Crippen molar-refractivity contribution in [1.29, 1.82) is 0 Å². The molecule has 0 saturated carbocycles. The van der Waals surface area contributed by atoms with E-state index < -0.39 is 22.7 Å². The normalized spacial score (nSPS) is 11.8. The van der Waals surface area contributed by atoms with Crippen LogP contribution in [0.5, 0.6) is 0 Å². The van der Waals surface area contributed by atoms with Crippen LogP contribution in [0, 0.1) is 13.8 Å². The lowest BCUT2D eigenvalue weighted by molar-refractivity contribution is -0.137. The van der Waals surface area contributed by atoms with Gasteiger partial charge in [0.25, 0.3) is 5.91 Å². The number of alkyl halides is 3. The first kappa shape index (κ1) is 29.1. The average Bonchev–Trinajstić information content (AvgIpc) is 3.49. The second kappa shape index (κ2) is 11.3. The van der Waals surface area contributed by atoms with E-state index in [9.17, 15) is 18.0 Å². The Labute approximate surface area is 235 Å². The van der Waals surface area contributed by atoms with Crippen LogP contribution in [0.15, 0.2) is 42.7 Å². The van der Waals surface area contributed by atoms with E-state index in [0.29, 0.717) is 24.5 Å². The van der Waals surface area contributed by atoms with Crippen molar-refractivity contribution in [2.75, 3.05) is 44.4 Å². The molecule has 0 atom stereocenters. The molecule has 2 heterocycles. The summed E-state index contributed by atoms with van der Waals surface area (Å²) in [4.78, 5) is 16.8. The van der Waals surface area contributed by atoms with E-state index in [1.54, 1.807) is 51.9 Å². The predicted octanol–water partition coefficient (Wildman–Crippen LogP) is 5.21. The lowest BCUT2D eigenvalue weighted by Gasteiger charge is -2.25. The van der Waals surface area contributed by atoms with E-state index >= 15 is 0 Å². The van der Waals surface area contributed by atoms with Crippen LogP contribution in [-0.2, 0) is 13.2 Å². The molecule has 2 aromatic carbocycles. The molecule has 40 heavy (non-hydrogen) atoms. The van der Waals surface area contributed by atoms with Crippen molar-refractivity contribution < 1.29 is 18.0 Å². The molecule has 9 nitrogen and oxygen atoms in total. The maximum atomic E-state index is 13.8. The number of halogens is 4. The Kier molecular flexibility index (Phi) is 8.22. The van der Waals surface area contributed by atoms with E-state index in [-0.39, 0.29) is 16.9 Å². The summed E-state index contributed by atoms with van der Waals surface area (Å²) in [5.41, 5.74) is 3.15. The van der Waals surface area contributed by atoms with Crippen LogP contribution in [-0.4, -0.2) is 69.8 Å². The van der Waals surface area contributed by atoms with E-state index in [1.807, 2.05) is 39.9 Å². The zero-order valence-electron chi connectivity index (χ0n) is 23.0. The van der Waals surface area contributed by atoms with Crippen LogP contribution in [0.3, 0.4) is 0 Å². The molecule has 0 aliphatic heterocycles. The molecular weight excluding hydrogens is 545 g/mol. The number of nitrogens with zero attached hydrogens (tertiary/aromatic N) is 7. The monoisotopic (exact) mass is 574 g/mol. The van der Waals surface area contributed by atoms with Gasteiger partial charge >= 0.3 is 6.18 Å². The van der Waals surface area contributed by atoms with Gasteiger partial charge in [0.05, 0.1) is 34.4 Å². The maximum absolute atomic E-state index is 13.8. The second-order valence-corrected chi connectivity index (χ2v) is 10.2. The van der Waals surface area contributed by atoms with Crippen LogP contribution in [0.1, 0.15) is 27.2 Å². The number of aryl methyl sites for hydroxylation is 2. The molecule has 13 heteroatoms. The van der Waals surface area contributed by atoms with Crippen LogP contribution in [0.25, 0.3) is 16.9 Å². The smallest absolute Gasteiger partial charge is 0.372 e. The van der Waals surface area contributed by atoms with E-state index in [4.69, 9.17) is 11.6 Å². The quantitative estimate of drug-likeness (QED) is 0.311. The third-order valence-corrected chi connectivity index (χ3v) is 7.03. The Morgan fingerprint density at radius 2 is 1.82 bits per heavy atom. The highest BCUT2D eigenvalue weighted by Gasteiger charge is 2.35. The zero-order chi connectivity index (χ0) is 29.4. The molecule has 2 aromatic heterocycles. The number of aromatic nitrogens is 5. The van der Waals surface area contributed by atoms with Crippen molar-refractivity contribution in [3.05, 3.63) is 70.1 Å². The zero-order valence-corrected chi connectivity index (χ0v) is 23.8. The fraction of sp³-hybridized carbons (Fsp3) is 0.333. The third kappa shape index (κ3) is 6.13. The Bertz CT molecular complexity index is 1540. The number of anilines is 2. The number of hydrogen-bond donors (Lipinski definition) is 1. The number of rotatable bonds is 8. The standard InChI is InChI=1S/C27H30ClF3N8O/c1-16-7-8-18(11-23(16)39-15-22(34-35-39)20-14-32-38(6)17(20)2)26(40)33-19-12-21(27(29,30)31)25(28)24(13-19)37(5)10-9-36(3)4/h7-8,11-15H,9-10H2,1-6H3,(H,33,40). The number of nitrogens with one attached hydrogen (secondary N) is 1. The number of carbonyl (C=O) groups excluding carboxylic acids is 1. The van der Waals surface area contributed by atoms with Gasteiger partial charge < -0.3 is 15.1 Å². The molecule has 0 fully saturated rings. The molecule has 0 aliphatic carbocycles. The number of hydrogen-bond acceptors (Lipinski definition) is 6. The first-order valence-corrected chi connectivity index (χ1v) is 12.7. The molecule has 1 N–H and O–H groups in total. The van der Waals surface area contributed by atoms with Crippen LogP contribution < -0.4 is 10.2 Å². The first-order chi connectivity index (χ1) is 18.8. The highest BCUT2D eigenvalue weighted by molar-refractivity contribution is 6.34. The minimum Gasteiger partial charge on any atom is -0.372 e. The second-order valence-electron chi connectivity index (χ2n) is 9.85. The topological polar surface area (TPSA) is 84.1 Å². The summed E-state index contributed by atoms with van der Waals surface area (Å²) in [7, 11) is 7.22. The SMILES string of the molecule is Cc1ccc(C(=O)Nc2cc(N(C)CCN(C)C)c(Cl)c(C(F)(F)F)c2)cc1-n1cc(-c2cnn(C)c2C)nn1. The minimum atomic E-state index is -4.70. The first-order valence-electron chi connectivity index (χ1n) is 12.4. The number of amides is 1. The summed E-state index contributed by atoms with van der Waals surface area (Å²) in [6.07, 6.45) is -1.27. The molecule has 212 valence electrons. The van der Waals surface area contributed by atoms with Crippen molar-refractivity contribution >= 4 is 28.9 Å². The molecule has 0 aliphatic rings. The Morgan fingerprint density at radius 3 is 2.45 bits per heavy atom. The van der Waals surface area contributed by atoms with Crippen molar-refractivity contribution in [3.63, 3.8) is 0 Å². The summed E-state index contributed by atoms with van der Waals surface area (Å²) in [6.45, 7) is 4.81. The van der Waals surface area contributed by atoms with Crippen molar-refractivity contribution in [1.82, 2.24) is 29.7 Å². The predicted molar refractivity (Wildman–Crippen MR) is 149 cm³/mol. The Hall–Kier alpha value is -3.90. The summed E-state index contributed by atoms with van der Waals surface area (Å²) < 4.78 is 44.8. The molecule has 0 radical (unpaired) electrons. The highest BCUT2D eigenvalue weighted by Crippen LogP contribution is 2.41. The maximum Gasteiger partial charge on any atom is 0.417 e. The Morgan fingerprint density at radius 1 is 1.10 bits per heavy atom. The van der Waals surface area contributed by atoms with Gasteiger partial charge in [-0.3, -0.25) is 9.48 Å². The summed E-state index contributed by atoms with van der Waals surface area (Å²) >= 11 is 6.18. The largest absolute Gasteiger partial charge is 0.417 e. The van der Waals surface area contributed by atoms with Crippen LogP contribution in [0.4, 0.5) is 24.5 Å². The molecular formula is C27H30ClF3N8O. The highest BCUT2D eigenvalue weighted by atomic mass is 35.5. The molecule has 0 spiro atoms. The van der Waals surface area contributed by atoms with Gasteiger partial charge in [-0.15, -0.1) is 5.10 Å². The lowest BCUT2D eigenvalue weighted by atomic mass is 10.1. The molecule has 0 saturated heterocycles.